The standard InChI is InChI=1S/C16H15N5O2S/c1-9-15-11(10-5-6-24-8-10)7-13(22)17-16(15)21(20-9)12-3-4-14(23-2)19-18-12/h3-6,8,11H,7H2,1-2H3,(H,17,22)/t11-/m1/s1. The molecule has 3 aromatic rings. The van der Waals surface area contributed by atoms with E-state index in [1.54, 1.807) is 28.2 Å². The van der Waals surface area contributed by atoms with E-state index in [1.165, 1.54) is 7.11 Å². The highest BCUT2D eigenvalue weighted by Crippen LogP contribution is 2.40. The lowest BCUT2D eigenvalue weighted by atomic mass is 9.87. The van der Waals surface area contributed by atoms with Gasteiger partial charge in [-0.1, -0.05) is 0 Å². The third-order valence-electron chi connectivity index (χ3n) is 4.10. The summed E-state index contributed by atoms with van der Waals surface area (Å²) in [4.78, 5) is 12.2. The third kappa shape index (κ3) is 2.35. The Morgan fingerprint density at radius 3 is 2.88 bits per heavy atom. The Kier molecular flexibility index (Phi) is 3.53. The van der Waals surface area contributed by atoms with Crippen molar-refractivity contribution in [2.45, 2.75) is 19.3 Å². The van der Waals surface area contributed by atoms with Crippen LogP contribution in [0.5, 0.6) is 5.88 Å². The molecule has 1 N–H and O–H groups in total. The maximum Gasteiger partial charge on any atom is 0.233 e. The summed E-state index contributed by atoms with van der Waals surface area (Å²) in [6.07, 6.45) is 0.421. The fraction of sp³-hybridized carbons (Fsp3) is 0.250. The fourth-order valence-corrected chi connectivity index (χ4v) is 3.72. The monoisotopic (exact) mass is 341 g/mol. The van der Waals surface area contributed by atoms with Gasteiger partial charge in [-0.05, 0) is 35.4 Å². The third-order valence-corrected chi connectivity index (χ3v) is 4.80. The van der Waals surface area contributed by atoms with Gasteiger partial charge in [0.25, 0.3) is 0 Å². The Balaban J connectivity index is 1.84. The van der Waals surface area contributed by atoms with E-state index in [4.69, 9.17) is 4.74 Å². The normalized spacial score (nSPS) is 16.6. The summed E-state index contributed by atoms with van der Waals surface area (Å²) in [5, 5.41) is 19.7. The number of anilines is 1. The van der Waals surface area contributed by atoms with Crippen LogP contribution >= 0.6 is 11.3 Å². The number of thiophene rings is 1. The molecular formula is C16H15N5O2S. The van der Waals surface area contributed by atoms with Crippen LogP contribution in [-0.2, 0) is 4.79 Å². The van der Waals surface area contributed by atoms with Gasteiger partial charge in [0.2, 0.25) is 11.8 Å². The number of hydrogen-bond acceptors (Lipinski definition) is 6. The van der Waals surface area contributed by atoms with Gasteiger partial charge in [0.05, 0.1) is 12.8 Å². The lowest BCUT2D eigenvalue weighted by Crippen LogP contribution is -2.24. The van der Waals surface area contributed by atoms with Crippen molar-refractivity contribution >= 4 is 23.1 Å². The number of carbonyl (C=O) groups is 1. The molecule has 8 heteroatoms. The van der Waals surface area contributed by atoms with E-state index in [0.29, 0.717) is 23.9 Å². The topological polar surface area (TPSA) is 81.9 Å². The van der Waals surface area contributed by atoms with Gasteiger partial charge in [0, 0.05) is 24.0 Å². The van der Waals surface area contributed by atoms with Crippen LogP contribution in [-0.4, -0.2) is 33.0 Å². The SMILES string of the molecule is COc1ccc(-n2nc(C)c3c2NC(=O)C[C@@H]3c2ccsc2)nn1. The highest BCUT2D eigenvalue weighted by molar-refractivity contribution is 7.08. The number of rotatable bonds is 3. The minimum Gasteiger partial charge on any atom is -0.480 e. The highest BCUT2D eigenvalue weighted by atomic mass is 32.1. The van der Waals surface area contributed by atoms with Gasteiger partial charge in [-0.3, -0.25) is 4.79 Å². The average molecular weight is 341 g/mol. The highest BCUT2D eigenvalue weighted by Gasteiger charge is 2.33. The van der Waals surface area contributed by atoms with Gasteiger partial charge in [-0.15, -0.1) is 10.2 Å². The first-order chi connectivity index (χ1) is 11.7. The molecule has 0 fully saturated rings. The fourth-order valence-electron chi connectivity index (χ4n) is 3.01. The van der Waals surface area contributed by atoms with Crippen LogP contribution in [0.2, 0.25) is 0 Å². The molecule has 24 heavy (non-hydrogen) atoms. The molecule has 0 saturated heterocycles. The number of methoxy groups -OCH3 is 1. The van der Waals surface area contributed by atoms with Crippen LogP contribution in [0.4, 0.5) is 5.82 Å². The van der Waals surface area contributed by atoms with Crippen molar-refractivity contribution in [3.05, 3.63) is 45.8 Å². The predicted octanol–water partition coefficient (Wildman–Crippen LogP) is 2.51. The Bertz CT molecular complexity index is 886. The minimum atomic E-state index is -0.0266. The van der Waals surface area contributed by atoms with Crippen LogP contribution < -0.4 is 10.1 Å². The Morgan fingerprint density at radius 2 is 2.21 bits per heavy atom. The van der Waals surface area contributed by atoms with Crippen LogP contribution in [0, 0.1) is 6.92 Å². The Morgan fingerprint density at radius 1 is 1.33 bits per heavy atom. The van der Waals surface area contributed by atoms with Crippen molar-refractivity contribution in [1.82, 2.24) is 20.0 Å². The first-order valence-electron chi connectivity index (χ1n) is 7.47. The summed E-state index contributed by atoms with van der Waals surface area (Å²) in [7, 11) is 1.54. The second-order valence-electron chi connectivity index (χ2n) is 5.55. The molecule has 1 aliphatic rings. The molecule has 1 amide bonds. The minimum absolute atomic E-state index is 0.0138. The molecule has 0 radical (unpaired) electrons. The quantitative estimate of drug-likeness (QED) is 0.791. The molecule has 0 aliphatic carbocycles. The number of aryl methyl sites for hydroxylation is 1. The molecular weight excluding hydrogens is 326 g/mol. The van der Waals surface area contributed by atoms with Crippen LogP contribution in [0.1, 0.15) is 29.2 Å². The van der Waals surface area contributed by atoms with Gasteiger partial charge < -0.3 is 10.1 Å². The smallest absolute Gasteiger partial charge is 0.233 e. The summed E-state index contributed by atoms with van der Waals surface area (Å²) in [6, 6.07) is 5.54. The summed E-state index contributed by atoms with van der Waals surface area (Å²) >= 11 is 1.63. The molecule has 1 aliphatic heterocycles. The number of ether oxygens (including phenoxy) is 1. The van der Waals surface area contributed by atoms with E-state index in [1.807, 2.05) is 12.3 Å². The molecule has 0 saturated carbocycles. The van der Waals surface area contributed by atoms with E-state index in [2.05, 4.69) is 32.1 Å². The number of fused-ring (bicyclic) bond motifs is 1. The van der Waals surface area contributed by atoms with Crippen LogP contribution in [0.15, 0.2) is 29.0 Å². The van der Waals surface area contributed by atoms with E-state index >= 15 is 0 Å². The second-order valence-corrected chi connectivity index (χ2v) is 6.33. The number of aromatic nitrogens is 4. The predicted molar refractivity (Wildman–Crippen MR) is 89.9 cm³/mol. The molecule has 122 valence electrons. The molecule has 0 aromatic carbocycles. The first kappa shape index (κ1) is 14.8. The van der Waals surface area contributed by atoms with Crippen molar-refractivity contribution in [1.29, 1.82) is 0 Å². The van der Waals surface area contributed by atoms with E-state index < -0.39 is 0 Å². The summed E-state index contributed by atoms with van der Waals surface area (Å²) < 4.78 is 6.67. The number of amides is 1. The van der Waals surface area contributed by atoms with Gasteiger partial charge in [0.15, 0.2) is 5.82 Å². The van der Waals surface area contributed by atoms with Gasteiger partial charge in [0.1, 0.15) is 5.82 Å². The first-order valence-corrected chi connectivity index (χ1v) is 8.41. The second kappa shape index (κ2) is 5.72. The van der Waals surface area contributed by atoms with Crippen molar-refractivity contribution in [3.63, 3.8) is 0 Å². The molecule has 4 heterocycles. The molecule has 3 aromatic heterocycles. The average Bonchev–Trinajstić information content (AvgIpc) is 3.23. The molecule has 0 spiro atoms. The van der Waals surface area contributed by atoms with Crippen LogP contribution in [0.3, 0.4) is 0 Å². The van der Waals surface area contributed by atoms with E-state index in [-0.39, 0.29) is 11.8 Å². The van der Waals surface area contributed by atoms with E-state index in [9.17, 15) is 4.79 Å². The lowest BCUT2D eigenvalue weighted by Gasteiger charge is -2.23. The molecule has 0 bridgehead atoms. The number of carbonyl (C=O) groups excluding carboxylic acids is 1. The number of nitrogens with one attached hydrogen (secondary N) is 1. The maximum absolute atomic E-state index is 12.2. The van der Waals surface area contributed by atoms with Crippen molar-refractivity contribution < 1.29 is 9.53 Å². The summed E-state index contributed by atoms with van der Waals surface area (Å²) in [6.45, 7) is 1.95. The maximum atomic E-state index is 12.2. The number of hydrogen-bond donors (Lipinski definition) is 1. The van der Waals surface area contributed by atoms with Crippen molar-refractivity contribution in [2.75, 3.05) is 12.4 Å². The van der Waals surface area contributed by atoms with Gasteiger partial charge in [-0.2, -0.15) is 21.1 Å². The Hall–Kier alpha value is -2.74. The largest absolute Gasteiger partial charge is 0.480 e. The Labute approximate surface area is 142 Å². The zero-order valence-electron chi connectivity index (χ0n) is 13.2. The van der Waals surface area contributed by atoms with Crippen molar-refractivity contribution in [3.8, 4) is 11.7 Å². The summed E-state index contributed by atoms with van der Waals surface area (Å²) in [5.41, 5.74) is 3.05. The molecule has 4 rings (SSSR count). The van der Waals surface area contributed by atoms with E-state index in [0.717, 1.165) is 16.8 Å². The molecule has 0 unspecified atom stereocenters. The number of nitrogens with zero attached hydrogens (tertiary/aromatic N) is 4. The van der Waals surface area contributed by atoms with Gasteiger partial charge >= 0.3 is 0 Å². The molecule has 1 atom stereocenters. The van der Waals surface area contributed by atoms with Gasteiger partial charge in [-0.25, -0.2) is 0 Å². The zero-order chi connectivity index (χ0) is 16.7. The zero-order valence-corrected chi connectivity index (χ0v) is 14.0. The van der Waals surface area contributed by atoms with Crippen molar-refractivity contribution in [2.24, 2.45) is 0 Å². The lowest BCUT2D eigenvalue weighted by molar-refractivity contribution is -0.116. The molecule has 7 nitrogen and oxygen atoms in total. The van der Waals surface area contributed by atoms with Crippen LogP contribution in [0.25, 0.3) is 5.82 Å². The summed E-state index contributed by atoms with van der Waals surface area (Å²) in [5.74, 6) is 1.61.